The third-order valence-corrected chi connectivity index (χ3v) is 4.15. The molecule has 0 unspecified atom stereocenters. The van der Waals surface area contributed by atoms with E-state index in [0.29, 0.717) is 5.03 Å². The van der Waals surface area contributed by atoms with Crippen molar-refractivity contribution >= 4 is 11.6 Å². The molecule has 0 spiro atoms. The molecule has 0 saturated carbocycles. The SMILES string of the molecule is C=C(Cl)/C(C)=C\C(C)=C(/C)C(C)(C)C(C)=C=CCC. The molecule has 1 heteroatoms. The van der Waals surface area contributed by atoms with Crippen molar-refractivity contribution in [3.8, 4) is 0 Å². The summed E-state index contributed by atoms with van der Waals surface area (Å²) in [5.74, 6) is 0. The van der Waals surface area contributed by atoms with E-state index >= 15 is 0 Å². The van der Waals surface area contributed by atoms with Gasteiger partial charge in [0.1, 0.15) is 0 Å². The first-order valence-corrected chi connectivity index (χ1v) is 7.15. The Bertz CT molecular complexity index is 464. The fraction of sp³-hybridized carbons (Fsp3) is 0.500. The molecule has 0 fully saturated rings. The summed E-state index contributed by atoms with van der Waals surface area (Å²) in [6.45, 7) is 18.8. The monoisotopic (exact) mass is 278 g/mol. The molecule has 0 aliphatic heterocycles. The van der Waals surface area contributed by atoms with E-state index < -0.39 is 0 Å². The highest BCUT2D eigenvalue weighted by Crippen LogP contribution is 2.36. The fourth-order valence-corrected chi connectivity index (χ4v) is 1.78. The van der Waals surface area contributed by atoms with Crippen molar-refractivity contribution in [3.63, 3.8) is 0 Å². The smallest absolute Gasteiger partial charge is 0.0363 e. The van der Waals surface area contributed by atoms with E-state index in [9.17, 15) is 0 Å². The summed E-state index contributed by atoms with van der Waals surface area (Å²) >= 11 is 5.91. The van der Waals surface area contributed by atoms with E-state index in [1.165, 1.54) is 16.7 Å². The van der Waals surface area contributed by atoms with Crippen molar-refractivity contribution in [2.45, 2.75) is 54.9 Å². The third kappa shape index (κ3) is 5.27. The topological polar surface area (TPSA) is 0 Å². The van der Waals surface area contributed by atoms with Gasteiger partial charge in [-0.1, -0.05) is 56.2 Å². The number of allylic oxidation sites excluding steroid dienone is 6. The lowest BCUT2D eigenvalue weighted by Crippen LogP contribution is -2.15. The van der Waals surface area contributed by atoms with Gasteiger partial charge in [-0.3, -0.25) is 0 Å². The van der Waals surface area contributed by atoms with E-state index in [-0.39, 0.29) is 5.41 Å². The Labute approximate surface area is 124 Å². The maximum absolute atomic E-state index is 5.91. The van der Waals surface area contributed by atoms with Crippen LogP contribution in [0.25, 0.3) is 0 Å². The van der Waals surface area contributed by atoms with Crippen LogP contribution in [-0.2, 0) is 0 Å². The van der Waals surface area contributed by atoms with Crippen LogP contribution in [0.3, 0.4) is 0 Å². The van der Waals surface area contributed by atoms with Crippen LogP contribution in [0.5, 0.6) is 0 Å². The molecule has 0 aromatic rings. The zero-order valence-corrected chi connectivity index (χ0v) is 14.2. The molecule has 0 N–H and O–H groups in total. The Balaban J connectivity index is 5.61. The normalized spacial score (nSPS) is 13.6. The largest absolute Gasteiger partial charge is 0.125 e. The maximum Gasteiger partial charge on any atom is 0.0363 e. The molecule has 106 valence electrons. The van der Waals surface area contributed by atoms with Gasteiger partial charge in [-0.15, -0.1) is 5.73 Å². The average Bonchev–Trinajstić information content (AvgIpc) is 2.34. The van der Waals surface area contributed by atoms with Crippen molar-refractivity contribution in [3.05, 3.63) is 51.8 Å². The highest BCUT2D eigenvalue weighted by Gasteiger charge is 2.23. The second-order valence-electron chi connectivity index (χ2n) is 5.55. The summed E-state index contributed by atoms with van der Waals surface area (Å²) in [6, 6.07) is 0. The molecule has 19 heavy (non-hydrogen) atoms. The molecule has 0 atom stereocenters. The standard InChI is InChI=1S/C18H27Cl/c1-9-10-11-15(4)18(7,8)16(5)13(2)12-14(3)17(6)19/h10,12H,6,9H2,1-5,7-8H3/b14-12-,16-13+. The lowest BCUT2D eigenvalue weighted by Gasteiger charge is -2.27. The molecule has 0 nitrogen and oxygen atoms in total. The fourth-order valence-electron chi connectivity index (χ4n) is 1.72. The molecule has 0 rings (SSSR count). The zero-order valence-electron chi connectivity index (χ0n) is 13.4. The highest BCUT2D eigenvalue weighted by molar-refractivity contribution is 6.31. The Morgan fingerprint density at radius 1 is 1.21 bits per heavy atom. The van der Waals surface area contributed by atoms with Gasteiger partial charge >= 0.3 is 0 Å². The lowest BCUT2D eigenvalue weighted by atomic mass is 9.77. The van der Waals surface area contributed by atoms with Gasteiger partial charge in [0.15, 0.2) is 0 Å². The number of rotatable bonds is 5. The van der Waals surface area contributed by atoms with Crippen LogP contribution < -0.4 is 0 Å². The van der Waals surface area contributed by atoms with Crippen molar-refractivity contribution in [2.24, 2.45) is 5.41 Å². The molecule has 0 aromatic heterocycles. The molecule has 0 heterocycles. The predicted octanol–water partition coefficient (Wildman–Crippen LogP) is 6.56. The second-order valence-corrected chi connectivity index (χ2v) is 6.00. The van der Waals surface area contributed by atoms with Gasteiger partial charge in [0.05, 0.1) is 0 Å². The van der Waals surface area contributed by atoms with Crippen molar-refractivity contribution in [2.75, 3.05) is 0 Å². The zero-order chi connectivity index (χ0) is 15.2. The van der Waals surface area contributed by atoms with Crippen molar-refractivity contribution in [1.29, 1.82) is 0 Å². The van der Waals surface area contributed by atoms with E-state index in [1.807, 2.05) is 6.92 Å². The van der Waals surface area contributed by atoms with Gasteiger partial charge in [0.25, 0.3) is 0 Å². The van der Waals surface area contributed by atoms with Crippen LogP contribution in [-0.4, -0.2) is 0 Å². The van der Waals surface area contributed by atoms with Crippen LogP contribution >= 0.6 is 11.6 Å². The van der Waals surface area contributed by atoms with Crippen LogP contribution in [0.2, 0.25) is 0 Å². The quantitative estimate of drug-likeness (QED) is 0.395. The molecular formula is C18H27Cl. The van der Waals surface area contributed by atoms with Gasteiger partial charge in [0, 0.05) is 10.4 Å². The minimum atomic E-state index is 0.000178. The maximum atomic E-state index is 5.91. The lowest BCUT2D eigenvalue weighted by molar-refractivity contribution is 0.535. The van der Waals surface area contributed by atoms with Crippen LogP contribution in [0.15, 0.2) is 51.8 Å². The molecular weight excluding hydrogens is 252 g/mol. The molecule has 0 aromatic carbocycles. The summed E-state index contributed by atoms with van der Waals surface area (Å²) < 4.78 is 0. The summed E-state index contributed by atoms with van der Waals surface area (Å²) in [7, 11) is 0. The minimum Gasteiger partial charge on any atom is -0.125 e. The van der Waals surface area contributed by atoms with E-state index in [4.69, 9.17) is 11.6 Å². The van der Waals surface area contributed by atoms with Gasteiger partial charge in [0.2, 0.25) is 0 Å². The molecule has 0 saturated heterocycles. The number of hydrogen-bond acceptors (Lipinski definition) is 0. The summed E-state index contributed by atoms with van der Waals surface area (Å²) in [5, 5.41) is 0.600. The van der Waals surface area contributed by atoms with Gasteiger partial charge in [-0.2, -0.15) is 0 Å². The van der Waals surface area contributed by atoms with Gasteiger partial charge < -0.3 is 0 Å². The van der Waals surface area contributed by atoms with Gasteiger partial charge in [-0.05, 0) is 51.3 Å². The van der Waals surface area contributed by atoms with Crippen molar-refractivity contribution < 1.29 is 0 Å². The first-order valence-electron chi connectivity index (χ1n) is 6.77. The van der Waals surface area contributed by atoms with E-state index in [1.54, 1.807) is 0 Å². The van der Waals surface area contributed by atoms with E-state index in [2.05, 4.69) is 66.0 Å². The Morgan fingerprint density at radius 2 is 1.74 bits per heavy atom. The minimum absolute atomic E-state index is 0.000178. The average molecular weight is 279 g/mol. The summed E-state index contributed by atoms with van der Waals surface area (Å²) in [5.41, 5.74) is 8.21. The molecule has 0 aliphatic carbocycles. The first-order chi connectivity index (χ1) is 8.64. The van der Waals surface area contributed by atoms with Crippen molar-refractivity contribution in [1.82, 2.24) is 0 Å². The predicted molar refractivity (Wildman–Crippen MR) is 88.5 cm³/mol. The second kappa shape index (κ2) is 7.58. The Morgan fingerprint density at radius 3 is 2.16 bits per heavy atom. The Kier molecular flexibility index (Phi) is 7.19. The Hall–Kier alpha value is -0.970. The molecule has 0 aliphatic rings. The number of halogens is 1. The molecule has 0 amide bonds. The summed E-state index contributed by atoms with van der Waals surface area (Å²) in [4.78, 5) is 0. The molecule has 0 radical (unpaired) electrons. The van der Waals surface area contributed by atoms with Crippen LogP contribution in [0, 0.1) is 5.41 Å². The third-order valence-electron chi connectivity index (χ3n) is 3.85. The summed E-state index contributed by atoms with van der Waals surface area (Å²) in [6.07, 6.45) is 5.20. The molecule has 0 bridgehead atoms. The first kappa shape index (κ1) is 18.0. The van der Waals surface area contributed by atoms with Crippen LogP contribution in [0.1, 0.15) is 54.9 Å². The van der Waals surface area contributed by atoms with E-state index in [0.717, 1.165) is 12.0 Å². The van der Waals surface area contributed by atoms with Gasteiger partial charge in [-0.25, -0.2) is 0 Å². The highest BCUT2D eigenvalue weighted by atomic mass is 35.5. The number of hydrogen-bond donors (Lipinski definition) is 0. The van der Waals surface area contributed by atoms with Crippen LogP contribution in [0.4, 0.5) is 0 Å².